The van der Waals surface area contributed by atoms with Crippen molar-refractivity contribution in [3.63, 3.8) is 0 Å². The van der Waals surface area contributed by atoms with E-state index < -0.39 is 0 Å². The number of nitrogens with zero attached hydrogens (tertiary/aromatic N) is 1. The van der Waals surface area contributed by atoms with Gasteiger partial charge in [-0.2, -0.15) is 0 Å². The van der Waals surface area contributed by atoms with Crippen LogP contribution in [0.2, 0.25) is 5.02 Å². The van der Waals surface area contributed by atoms with E-state index in [1.807, 2.05) is 0 Å². The Hall–Kier alpha value is -0.160. The van der Waals surface area contributed by atoms with Crippen molar-refractivity contribution < 1.29 is 9.13 Å². The first kappa shape index (κ1) is 14.3. The molecule has 1 aliphatic heterocycles. The van der Waals surface area contributed by atoms with Gasteiger partial charge in [0.2, 0.25) is 0 Å². The zero-order chi connectivity index (χ0) is 13.1. The zero-order valence-electron chi connectivity index (χ0n) is 10.2. The lowest BCUT2D eigenvalue weighted by Crippen LogP contribution is -2.48. The molecule has 1 aliphatic rings. The fourth-order valence-corrected chi connectivity index (χ4v) is 2.69. The second-order valence-electron chi connectivity index (χ2n) is 4.59. The van der Waals surface area contributed by atoms with Gasteiger partial charge in [0.05, 0.1) is 12.7 Å². The maximum Gasteiger partial charge on any atom is 0.129 e. The Morgan fingerprint density at radius 1 is 1.56 bits per heavy atom. The predicted octanol–water partition coefficient (Wildman–Crippen LogP) is 3.46. The van der Waals surface area contributed by atoms with Crippen LogP contribution in [0.3, 0.4) is 0 Å². The highest BCUT2D eigenvalue weighted by Crippen LogP contribution is 2.23. The largest absolute Gasteiger partial charge is 0.374 e. The summed E-state index contributed by atoms with van der Waals surface area (Å²) in [6.07, 6.45) is 0.159. The molecule has 0 N–H and O–H groups in total. The fourth-order valence-electron chi connectivity index (χ4n) is 2.08. The third kappa shape index (κ3) is 3.23. The van der Waals surface area contributed by atoms with Crippen molar-refractivity contribution in [2.45, 2.75) is 25.6 Å². The summed E-state index contributed by atoms with van der Waals surface area (Å²) in [5.41, 5.74) is 0.571. The SMILES string of the molecule is CC1COC(CBr)CN1Cc1c(F)cccc1Cl. The first-order valence-corrected chi connectivity index (χ1v) is 7.46. The van der Waals surface area contributed by atoms with E-state index in [2.05, 4.69) is 27.8 Å². The van der Waals surface area contributed by atoms with Crippen LogP contribution in [-0.4, -0.2) is 35.5 Å². The van der Waals surface area contributed by atoms with Crippen molar-refractivity contribution in [3.8, 4) is 0 Å². The van der Waals surface area contributed by atoms with E-state index in [1.54, 1.807) is 12.1 Å². The van der Waals surface area contributed by atoms with Gasteiger partial charge in [-0.05, 0) is 19.1 Å². The minimum Gasteiger partial charge on any atom is -0.374 e. The molecule has 1 aromatic rings. The Kier molecular flexibility index (Phi) is 5.01. The lowest BCUT2D eigenvalue weighted by Gasteiger charge is -2.37. The van der Waals surface area contributed by atoms with Gasteiger partial charge in [-0.25, -0.2) is 4.39 Å². The Labute approximate surface area is 120 Å². The Morgan fingerprint density at radius 2 is 2.33 bits per heavy atom. The number of halogens is 3. The lowest BCUT2D eigenvalue weighted by molar-refractivity contribution is -0.0502. The molecule has 0 aromatic heterocycles. The van der Waals surface area contributed by atoms with Gasteiger partial charge in [0, 0.05) is 35.0 Å². The fraction of sp³-hybridized carbons (Fsp3) is 0.538. The van der Waals surface area contributed by atoms with Gasteiger partial charge in [0.15, 0.2) is 0 Å². The van der Waals surface area contributed by atoms with Gasteiger partial charge < -0.3 is 4.74 Å². The second kappa shape index (κ2) is 6.33. The molecule has 2 atom stereocenters. The number of hydrogen-bond donors (Lipinski definition) is 0. The van der Waals surface area contributed by atoms with Crippen molar-refractivity contribution in [3.05, 3.63) is 34.6 Å². The predicted molar refractivity (Wildman–Crippen MR) is 74.8 cm³/mol. The standard InChI is InChI=1S/C13H16BrClFNO/c1-9-8-18-10(5-14)6-17(9)7-11-12(15)3-2-4-13(11)16/h2-4,9-10H,5-8H2,1H3. The van der Waals surface area contributed by atoms with Crippen LogP contribution in [0.25, 0.3) is 0 Å². The molecule has 1 fully saturated rings. The number of rotatable bonds is 3. The molecule has 18 heavy (non-hydrogen) atoms. The monoisotopic (exact) mass is 335 g/mol. The number of alkyl halides is 1. The van der Waals surface area contributed by atoms with Gasteiger partial charge in [-0.1, -0.05) is 33.6 Å². The molecule has 100 valence electrons. The van der Waals surface area contributed by atoms with Gasteiger partial charge in [-0.15, -0.1) is 0 Å². The van der Waals surface area contributed by atoms with E-state index in [-0.39, 0.29) is 18.0 Å². The molecule has 1 aromatic carbocycles. The first-order valence-electron chi connectivity index (χ1n) is 5.96. The van der Waals surface area contributed by atoms with Crippen molar-refractivity contribution in [1.29, 1.82) is 0 Å². The van der Waals surface area contributed by atoms with Gasteiger partial charge >= 0.3 is 0 Å². The van der Waals surface area contributed by atoms with Crippen LogP contribution < -0.4 is 0 Å². The van der Waals surface area contributed by atoms with Crippen LogP contribution in [-0.2, 0) is 11.3 Å². The van der Waals surface area contributed by atoms with Gasteiger partial charge in [0.25, 0.3) is 0 Å². The molecule has 0 radical (unpaired) electrons. The Balaban J connectivity index is 2.12. The Morgan fingerprint density at radius 3 is 3.00 bits per heavy atom. The van der Waals surface area contributed by atoms with Crippen LogP contribution in [0.15, 0.2) is 18.2 Å². The topological polar surface area (TPSA) is 12.5 Å². The highest BCUT2D eigenvalue weighted by Gasteiger charge is 2.26. The molecule has 2 rings (SSSR count). The summed E-state index contributed by atoms with van der Waals surface area (Å²) < 4.78 is 19.4. The third-order valence-electron chi connectivity index (χ3n) is 3.23. The Bertz CT molecular complexity index is 398. The second-order valence-corrected chi connectivity index (χ2v) is 5.64. The molecule has 0 bridgehead atoms. The summed E-state index contributed by atoms with van der Waals surface area (Å²) in [4.78, 5) is 2.21. The molecule has 5 heteroatoms. The minimum atomic E-state index is -0.239. The number of hydrogen-bond acceptors (Lipinski definition) is 2. The summed E-state index contributed by atoms with van der Waals surface area (Å²) in [6.45, 7) is 4.07. The highest BCUT2D eigenvalue weighted by molar-refractivity contribution is 9.09. The minimum absolute atomic E-state index is 0.159. The molecule has 2 nitrogen and oxygen atoms in total. The van der Waals surface area contributed by atoms with E-state index >= 15 is 0 Å². The molecule has 0 spiro atoms. The van der Waals surface area contributed by atoms with Crippen LogP contribution in [0.1, 0.15) is 12.5 Å². The maximum absolute atomic E-state index is 13.8. The summed E-state index contributed by atoms with van der Waals surface area (Å²) >= 11 is 9.48. The highest BCUT2D eigenvalue weighted by atomic mass is 79.9. The van der Waals surface area contributed by atoms with Crippen molar-refractivity contribution in [2.75, 3.05) is 18.5 Å². The number of morpholine rings is 1. The smallest absolute Gasteiger partial charge is 0.129 e. The molecule has 1 heterocycles. The van der Waals surface area contributed by atoms with Crippen molar-refractivity contribution in [2.24, 2.45) is 0 Å². The third-order valence-corrected chi connectivity index (χ3v) is 4.31. The van der Waals surface area contributed by atoms with Crippen LogP contribution in [0.5, 0.6) is 0 Å². The van der Waals surface area contributed by atoms with E-state index in [0.29, 0.717) is 23.7 Å². The summed E-state index contributed by atoms with van der Waals surface area (Å²) in [6, 6.07) is 5.09. The lowest BCUT2D eigenvalue weighted by atomic mass is 10.1. The van der Waals surface area contributed by atoms with E-state index in [1.165, 1.54) is 6.07 Å². The number of benzene rings is 1. The molecule has 2 unspecified atom stereocenters. The van der Waals surface area contributed by atoms with Crippen molar-refractivity contribution >= 4 is 27.5 Å². The molecule has 0 aliphatic carbocycles. The average molecular weight is 337 g/mol. The maximum atomic E-state index is 13.8. The molecular weight excluding hydrogens is 321 g/mol. The molecular formula is C13H16BrClFNO. The quantitative estimate of drug-likeness (QED) is 0.784. The van der Waals surface area contributed by atoms with Crippen LogP contribution in [0.4, 0.5) is 4.39 Å². The van der Waals surface area contributed by atoms with Gasteiger partial charge in [-0.3, -0.25) is 4.90 Å². The van der Waals surface area contributed by atoms with Crippen LogP contribution >= 0.6 is 27.5 Å². The average Bonchev–Trinajstić information content (AvgIpc) is 2.36. The summed E-state index contributed by atoms with van der Waals surface area (Å²) in [5, 5.41) is 1.28. The van der Waals surface area contributed by atoms with Gasteiger partial charge in [0.1, 0.15) is 5.82 Å². The molecule has 1 saturated heterocycles. The molecule has 0 amide bonds. The molecule has 0 saturated carbocycles. The summed E-state index contributed by atoms with van der Waals surface area (Å²) in [7, 11) is 0. The number of ether oxygens (including phenoxy) is 1. The first-order chi connectivity index (χ1) is 8.61. The normalized spacial score (nSPS) is 25.3. The van der Waals surface area contributed by atoms with Crippen molar-refractivity contribution in [1.82, 2.24) is 4.90 Å². The van der Waals surface area contributed by atoms with E-state index in [9.17, 15) is 4.39 Å². The van der Waals surface area contributed by atoms with Crippen LogP contribution in [0, 0.1) is 5.82 Å². The van der Waals surface area contributed by atoms with E-state index in [4.69, 9.17) is 16.3 Å². The summed E-state index contributed by atoms with van der Waals surface area (Å²) in [5.74, 6) is -0.239. The zero-order valence-corrected chi connectivity index (χ0v) is 12.5. The van der Waals surface area contributed by atoms with E-state index in [0.717, 1.165) is 11.9 Å².